The van der Waals surface area contributed by atoms with Gasteiger partial charge in [0.25, 0.3) is 0 Å². The van der Waals surface area contributed by atoms with Crippen LogP contribution in [0.15, 0.2) is 30.3 Å². The summed E-state index contributed by atoms with van der Waals surface area (Å²) in [5, 5.41) is 12.1. The Morgan fingerprint density at radius 3 is 2.76 bits per heavy atom. The number of hydrogen-bond acceptors (Lipinski definition) is 3. The van der Waals surface area contributed by atoms with Gasteiger partial charge in [0.05, 0.1) is 0 Å². The molecule has 0 spiro atoms. The van der Waals surface area contributed by atoms with Crippen LogP contribution in [-0.2, 0) is 9.59 Å². The van der Waals surface area contributed by atoms with Gasteiger partial charge in [0.15, 0.2) is 0 Å². The molecule has 2 N–H and O–H groups in total. The summed E-state index contributed by atoms with van der Waals surface area (Å²) in [5.41, 5.74) is 0.711. The van der Waals surface area contributed by atoms with E-state index >= 15 is 0 Å². The lowest BCUT2D eigenvalue weighted by molar-refractivity contribution is -0.141. The predicted molar refractivity (Wildman–Crippen MR) is 87.7 cm³/mol. The van der Waals surface area contributed by atoms with Gasteiger partial charge in [-0.2, -0.15) is 11.8 Å². The van der Waals surface area contributed by atoms with Crippen LogP contribution in [0.25, 0.3) is 6.08 Å². The highest BCUT2D eigenvalue weighted by Gasteiger charge is 2.18. The molecule has 0 aromatic heterocycles. The number of nitrogens with one attached hydrogen (secondary N) is 1. The number of carboxylic acids is 1. The van der Waals surface area contributed by atoms with Gasteiger partial charge in [0.1, 0.15) is 6.04 Å². The zero-order valence-electron chi connectivity index (χ0n) is 11.7. The Hall–Kier alpha value is -1.46. The number of carboxylic acid groups (broad SMARTS) is 1. The monoisotopic (exact) mass is 327 g/mol. The van der Waals surface area contributed by atoms with Crippen LogP contribution < -0.4 is 5.32 Å². The molecule has 0 bridgehead atoms. The molecule has 0 aliphatic heterocycles. The maximum atomic E-state index is 11.8. The third-order valence-corrected chi connectivity index (χ3v) is 3.97. The van der Waals surface area contributed by atoms with Gasteiger partial charge in [0, 0.05) is 11.1 Å². The van der Waals surface area contributed by atoms with Gasteiger partial charge in [-0.1, -0.05) is 36.7 Å². The number of rotatable bonds is 8. The Kier molecular flexibility index (Phi) is 7.93. The molecule has 1 aromatic rings. The van der Waals surface area contributed by atoms with E-state index in [1.807, 2.05) is 13.0 Å². The Labute approximate surface area is 133 Å². The van der Waals surface area contributed by atoms with Crippen LogP contribution in [0, 0.1) is 0 Å². The van der Waals surface area contributed by atoms with Crippen LogP contribution in [-0.4, -0.2) is 34.5 Å². The number of benzene rings is 1. The van der Waals surface area contributed by atoms with Gasteiger partial charge >= 0.3 is 5.97 Å². The maximum Gasteiger partial charge on any atom is 0.326 e. The fourth-order valence-electron chi connectivity index (χ4n) is 1.60. The molecule has 6 heteroatoms. The summed E-state index contributed by atoms with van der Waals surface area (Å²) in [6.45, 7) is 2.01. The number of carbonyl (C=O) groups is 2. The second-order valence-electron chi connectivity index (χ2n) is 4.24. The van der Waals surface area contributed by atoms with Gasteiger partial charge in [-0.05, 0) is 35.6 Å². The molecule has 0 aliphatic carbocycles. The van der Waals surface area contributed by atoms with Gasteiger partial charge < -0.3 is 10.4 Å². The third-order valence-electron chi connectivity index (χ3n) is 2.69. The van der Waals surface area contributed by atoms with Crippen molar-refractivity contribution in [2.45, 2.75) is 19.4 Å². The first-order valence-corrected chi connectivity index (χ1v) is 8.11. The van der Waals surface area contributed by atoms with Gasteiger partial charge in [-0.3, -0.25) is 4.79 Å². The number of hydrogen-bond donors (Lipinski definition) is 2. The van der Waals surface area contributed by atoms with E-state index in [0.29, 0.717) is 22.8 Å². The second-order valence-corrected chi connectivity index (χ2v) is 6.04. The average Bonchev–Trinajstić information content (AvgIpc) is 2.45. The molecule has 0 saturated carbocycles. The first kappa shape index (κ1) is 17.6. The van der Waals surface area contributed by atoms with Crippen LogP contribution in [0.1, 0.15) is 18.9 Å². The molecule has 1 unspecified atom stereocenters. The van der Waals surface area contributed by atoms with E-state index in [-0.39, 0.29) is 0 Å². The maximum absolute atomic E-state index is 11.8. The lowest BCUT2D eigenvalue weighted by atomic mass is 10.2. The van der Waals surface area contributed by atoms with E-state index in [0.717, 1.165) is 5.75 Å². The molecule has 1 aromatic carbocycles. The van der Waals surface area contributed by atoms with Gasteiger partial charge in [-0.15, -0.1) is 0 Å². The first-order chi connectivity index (χ1) is 10.0. The summed E-state index contributed by atoms with van der Waals surface area (Å²) in [4.78, 5) is 22.9. The lowest BCUT2D eigenvalue weighted by Gasteiger charge is -2.12. The summed E-state index contributed by atoms with van der Waals surface area (Å²) in [6.07, 6.45) is 3.26. The standard InChI is InChI=1S/C15H18ClNO3S/c1-2-21-10-9-13(15(19)20)17-14(18)8-7-11-5-3-4-6-12(11)16/h3-8,13H,2,9-10H2,1H3,(H,17,18)(H,19,20)/b8-7+. The number of aliphatic carboxylic acids is 1. The molecular formula is C15H18ClNO3S. The molecule has 4 nitrogen and oxygen atoms in total. The van der Waals surface area contributed by atoms with Crippen LogP contribution in [0.5, 0.6) is 0 Å². The largest absolute Gasteiger partial charge is 0.480 e. The Morgan fingerprint density at radius 2 is 2.14 bits per heavy atom. The lowest BCUT2D eigenvalue weighted by Crippen LogP contribution is -2.40. The number of thioether (sulfide) groups is 1. The van der Waals surface area contributed by atoms with Crippen LogP contribution >= 0.6 is 23.4 Å². The van der Waals surface area contributed by atoms with E-state index in [2.05, 4.69) is 5.32 Å². The Bertz CT molecular complexity index is 519. The van der Waals surface area contributed by atoms with Crippen molar-refractivity contribution in [3.8, 4) is 0 Å². The van der Waals surface area contributed by atoms with Gasteiger partial charge in [0.2, 0.25) is 5.91 Å². The van der Waals surface area contributed by atoms with Crippen molar-refractivity contribution < 1.29 is 14.7 Å². The fraction of sp³-hybridized carbons (Fsp3) is 0.333. The normalized spacial score (nSPS) is 12.3. The van der Waals surface area contributed by atoms with E-state index in [4.69, 9.17) is 16.7 Å². The molecule has 0 saturated heterocycles. The van der Waals surface area contributed by atoms with Crippen molar-refractivity contribution in [3.63, 3.8) is 0 Å². The zero-order valence-corrected chi connectivity index (χ0v) is 13.3. The molecule has 0 heterocycles. The average molecular weight is 328 g/mol. The SMILES string of the molecule is CCSCCC(NC(=O)/C=C/c1ccccc1Cl)C(=O)O. The third kappa shape index (κ3) is 6.69. The summed E-state index contributed by atoms with van der Waals surface area (Å²) < 4.78 is 0. The van der Waals surface area contributed by atoms with Crippen molar-refractivity contribution in [1.29, 1.82) is 0 Å². The summed E-state index contributed by atoms with van der Waals surface area (Å²) in [7, 11) is 0. The van der Waals surface area contributed by atoms with Crippen LogP contribution in [0.2, 0.25) is 5.02 Å². The van der Waals surface area contributed by atoms with Crippen molar-refractivity contribution >= 4 is 41.3 Å². The van der Waals surface area contributed by atoms with Crippen LogP contribution in [0.3, 0.4) is 0 Å². The highest BCUT2D eigenvalue weighted by Crippen LogP contribution is 2.16. The highest BCUT2D eigenvalue weighted by molar-refractivity contribution is 7.99. The van der Waals surface area contributed by atoms with E-state index < -0.39 is 17.9 Å². The van der Waals surface area contributed by atoms with Crippen molar-refractivity contribution in [1.82, 2.24) is 5.32 Å². The van der Waals surface area contributed by atoms with E-state index in [1.54, 1.807) is 36.0 Å². The summed E-state index contributed by atoms with van der Waals surface area (Å²) in [6, 6.07) is 6.24. The number of carbonyl (C=O) groups excluding carboxylic acids is 1. The minimum atomic E-state index is -1.02. The van der Waals surface area contributed by atoms with Crippen molar-refractivity contribution in [3.05, 3.63) is 40.9 Å². The number of amides is 1. The highest BCUT2D eigenvalue weighted by atomic mass is 35.5. The van der Waals surface area contributed by atoms with E-state index in [1.165, 1.54) is 6.08 Å². The molecule has 114 valence electrons. The van der Waals surface area contributed by atoms with Gasteiger partial charge in [-0.25, -0.2) is 4.79 Å². The molecule has 1 amide bonds. The van der Waals surface area contributed by atoms with Crippen LogP contribution in [0.4, 0.5) is 0 Å². The molecule has 0 fully saturated rings. The molecule has 0 radical (unpaired) electrons. The first-order valence-electron chi connectivity index (χ1n) is 6.58. The van der Waals surface area contributed by atoms with Crippen molar-refractivity contribution in [2.75, 3.05) is 11.5 Å². The summed E-state index contributed by atoms with van der Waals surface area (Å²) >= 11 is 7.61. The Balaban J connectivity index is 2.57. The minimum Gasteiger partial charge on any atom is -0.480 e. The molecular weight excluding hydrogens is 310 g/mol. The molecule has 21 heavy (non-hydrogen) atoms. The second kappa shape index (κ2) is 9.47. The number of halogens is 1. The van der Waals surface area contributed by atoms with E-state index in [9.17, 15) is 9.59 Å². The zero-order chi connectivity index (χ0) is 15.7. The molecule has 0 aliphatic rings. The molecule has 1 atom stereocenters. The predicted octanol–water partition coefficient (Wildman–Crippen LogP) is 3.07. The Morgan fingerprint density at radius 1 is 1.43 bits per heavy atom. The fourth-order valence-corrected chi connectivity index (χ4v) is 2.49. The topological polar surface area (TPSA) is 66.4 Å². The summed E-state index contributed by atoms with van der Waals surface area (Å²) in [5.74, 6) is 0.157. The smallest absolute Gasteiger partial charge is 0.326 e. The minimum absolute atomic E-state index is 0.402. The molecule has 1 rings (SSSR count). The quantitative estimate of drug-likeness (QED) is 0.569. The van der Waals surface area contributed by atoms with Crippen molar-refractivity contribution in [2.24, 2.45) is 0 Å².